The lowest BCUT2D eigenvalue weighted by Crippen LogP contribution is -2.35. The van der Waals surface area contributed by atoms with Crippen molar-refractivity contribution in [1.82, 2.24) is 10.2 Å². The number of aryl methyl sites for hydroxylation is 1. The third kappa shape index (κ3) is 2.46. The van der Waals surface area contributed by atoms with Gasteiger partial charge in [0.05, 0.1) is 6.04 Å². The van der Waals surface area contributed by atoms with E-state index in [1.807, 2.05) is 13.0 Å². The molecule has 1 aromatic carbocycles. The number of nitrogens with zero attached hydrogens (tertiary/aromatic N) is 1. The third-order valence-electron chi connectivity index (χ3n) is 5.53. The maximum atomic E-state index is 12.6. The minimum atomic E-state index is -0.119. The summed E-state index contributed by atoms with van der Waals surface area (Å²) in [6, 6.07) is 12.7. The lowest BCUT2D eigenvalue weighted by atomic mass is 9.94. The van der Waals surface area contributed by atoms with E-state index in [9.17, 15) is 4.79 Å². The molecule has 24 heavy (non-hydrogen) atoms. The molecule has 1 aliphatic heterocycles. The lowest BCUT2D eigenvalue weighted by Gasteiger charge is -2.24. The van der Waals surface area contributed by atoms with Gasteiger partial charge in [0.25, 0.3) is 5.91 Å². The molecule has 1 N–H and O–H groups in total. The second-order valence-electron chi connectivity index (χ2n) is 7.31. The molecule has 4 nitrogen and oxygen atoms in total. The van der Waals surface area contributed by atoms with Gasteiger partial charge in [-0.05, 0) is 44.0 Å². The van der Waals surface area contributed by atoms with Crippen molar-refractivity contribution in [2.75, 3.05) is 13.1 Å². The highest BCUT2D eigenvalue weighted by atomic mass is 16.3. The molecule has 2 aromatic rings. The summed E-state index contributed by atoms with van der Waals surface area (Å²) in [7, 11) is 0. The van der Waals surface area contributed by atoms with Crippen LogP contribution < -0.4 is 5.32 Å². The van der Waals surface area contributed by atoms with Crippen molar-refractivity contribution >= 4 is 5.91 Å². The predicted molar refractivity (Wildman–Crippen MR) is 93.0 cm³/mol. The van der Waals surface area contributed by atoms with E-state index in [1.54, 1.807) is 6.07 Å². The van der Waals surface area contributed by atoms with Gasteiger partial charge in [0.1, 0.15) is 5.76 Å². The molecule has 0 unspecified atom stereocenters. The van der Waals surface area contributed by atoms with Gasteiger partial charge in [-0.3, -0.25) is 9.69 Å². The monoisotopic (exact) mass is 324 g/mol. The molecule has 3 atom stereocenters. The van der Waals surface area contributed by atoms with E-state index in [4.69, 9.17) is 4.42 Å². The minimum Gasteiger partial charge on any atom is -0.456 e. The van der Waals surface area contributed by atoms with E-state index in [-0.39, 0.29) is 11.9 Å². The Bertz CT molecular complexity index is 765. The molecule has 2 aliphatic rings. The SMILES string of the molecule is Cc1ccc(C(=O)N[C@@H]2c3ccccc3[C@@H]3CN(C(C)C)C[C@H]23)o1. The fourth-order valence-electron chi connectivity index (χ4n) is 4.27. The fourth-order valence-corrected chi connectivity index (χ4v) is 4.27. The second-order valence-corrected chi connectivity index (χ2v) is 7.31. The van der Waals surface area contributed by atoms with Gasteiger partial charge in [-0.1, -0.05) is 24.3 Å². The molecule has 0 radical (unpaired) electrons. The first-order valence-electron chi connectivity index (χ1n) is 8.74. The maximum Gasteiger partial charge on any atom is 0.287 e. The Balaban J connectivity index is 1.63. The smallest absolute Gasteiger partial charge is 0.287 e. The first-order chi connectivity index (χ1) is 11.5. The zero-order chi connectivity index (χ0) is 16.8. The van der Waals surface area contributed by atoms with Crippen molar-refractivity contribution in [3.05, 3.63) is 59.0 Å². The first kappa shape index (κ1) is 15.5. The molecule has 1 saturated heterocycles. The second kappa shape index (κ2) is 5.78. The number of furan rings is 1. The van der Waals surface area contributed by atoms with Crippen molar-refractivity contribution < 1.29 is 9.21 Å². The van der Waals surface area contributed by atoms with E-state index < -0.39 is 0 Å². The fraction of sp³-hybridized carbons (Fsp3) is 0.450. The van der Waals surface area contributed by atoms with Gasteiger partial charge in [-0.25, -0.2) is 0 Å². The molecule has 4 heteroatoms. The third-order valence-corrected chi connectivity index (χ3v) is 5.53. The molecule has 1 fully saturated rings. The normalized spacial score (nSPS) is 25.8. The van der Waals surface area contributed by atoms with Gasteiger partial charge in [0.15, 0.2) is 5.76 Å². The standard InChI is InChI=1S/C20H24N2O2/c1-12(2)22-10-16-14-6-4-5-7-15(14)19(17(16)11-22)21-20(23)18-9-8-13(3)24-18/h4-9,12,16-17,19H,10-11H2,1-3H3,(H,21,23)/t16-,17-,19+/m0/s1. The van der Waals surface area contributed by atoms with Gasteiger partial charge in [-0.15, -0.1) is 0 Å². The Morgan fingerprint density at radius 2 is 1.92 bits per heavy atom. The Kier molecular flexibility index (Phi) is 3.72. The quantitative estimate of drug-likeness (QED) is 0.940. The van der Waals surface area contributed by atoms with Crippen molar-refractivity contribution in [3.63, 3.8) is 0 Å². The van der Waals surface area contributed by atoms with Crippen LogP contribution in [0.25, 0.3) is 0 Å². The molecule has 1 amide bonds. The van der Waals surface area contributed by atoms with Crippen molar-refractivity contribution in [3.8, 4) is 0 Å². The topological polar surface area (TPSA) is 45.5 Å². The van der Waals surface area contributed by atoms with Crippen molar-refractivity contribution in [2.24, 2.45) is 5.92 Å². The highest BCUT2D eigenvalue weighted by molar-refractivity contribution is 5.92. The van der Waals surface area contributed by atoms with Crippen LogP contribution in [0.1, 0.15) is 53.2 Å². The molecule has 4 rings (SSSR count). The molecule has 1 aliphatic carbocycles. The van der Waals surface area contributed by atoms with Crippen molar-refractivity contribution in [1.29, 1.82) is 0 Å². The summed E-state index contributed by atoms with van der Waals surface area (Å²) in [4.78, 5) is 15.1. The Morgan fingerprint density at radius 1 is 1.17 bits per heavy atom. The number of nitrogens with one attached hydrogen (secondary N) is 1. The number of fused-ring (bicyclic) bond motifs is 3. The summed E-state index contributed by atoms with van der Waals surface area (Å²) in [6.07, 6.45) is 0. The molecular weight excluding hydrogens is 300 g/mol. The molecule has 1 aromatic heterocycles. The van der Waals surface area contributed by atoms with Crippen LogP contribution in [0.15, 0.2) is 40.8 Å². The van der Waals surface area contributed by atoms with Crippen LogP contribution in [0.2, 0.25) is 0 Å². The van der Waals surface area contributed by atoms with Crippen LogP contribution in [0.5, 0.6) is 0 Å². The van der Waals surface area contributed by atoms with Crippen LogP contribution in [0.4, 0.5) is 0 Å². The van der Waals surface area contributed by atoms with E-state index in [2.05, 4.69) is 48.3 Å². The highest BCUT2D eigenvalue weighted by Gasteiger charge is 2.47. The van der Waals surface area contributed by atoms with E-state index in [1.165, 1.54) is 11.1 Å². The Hall–Kier alpha value is -2.07. The van der Waals surface area contributed by atoms with Crippen LogP contribution in [0.3, 0.4) is 0 Å². The number of hydrogen-bond acceptors (Lipinski definition) is 3. The largest absolute Gasteiger partial charge is 0.456 e. The van der Waals surface area contributed by atoms with Gasteiger partial charge < -0.3 is 9.73 Å². The summed E-state index contributed by atoms with van der Waals surface area (Å²) in [5.41, 5.74) is 2.67. The van der Waals surface area contributed by atoms with Gasteiger partial charge in [-0.2, -0.15) is 0 Å². The highest BCUT2D eigenvalue weighted by Crippen LogP contribution is 2.49. The van der Waals surface area contributed by atoms with Crippen LogP contribution >= 0.6 is 0 Å². The first-order valence-corrected chi connectivity index (χ1v) is 8.74. The van der Waals surface area contributed by atoms with E-state index in [0.29, 0.717) is 23.6 Å². The molecule has 0 saturated carbocycles. The minimum absolute atomic E-state index is 0.0628. The number of amides is 1. The zero-order valence-corrected chi connectivity index (χ0v) is 14.5. The number of hydrogen-bond donors (Lipinski definition) is 1. The summed E-state index contributed by atoms with van der Waals surface area (Å²) in [5.74, 6) is 1.98. The molecule has 2 heterocycles. The van der Waals surface area contributed by atoms with Crippen LogP contribution in [-0.2, 0) is 0 Å². The summed E-state index contributed by atoms with van der Waals surface area (Å²) in [6.45, 7) is 8.44. The molecule has 0 bridgehead atoms. The molecular formula is C20H24N2O2. The number of rotatable bonds is 3. The van der Waals surface area contributed by atoms with E-state index >= 15 is 0 Å². The Morgan fingerprint density at radius 3 is 2.58 bits per heavy atom. The lowest BCUT2D eigenvalue weighted by molar-refractivity contribution is 0.0894. The average molecular weight is 324 g/mol. The van der Waals surface area contributed by atoms with E-state index in [0.717, 1.165) is 18.8 Å². The van der Waals surface area contributed by atoms with Crippen LogP contribution in [0, 0.1) is 12.8 Å². The number of carbonyl (C=O) groups excluding carboxylic acids is 1. The zero-order valence-electron chi connectivity index (χ0n) is 14.5. The van der Waals surface area contributed by atoms with Gasteiger partial charge in [0.2, 0.25) is 0 Å². The number of carbonyl (C=O) groups is 1. The summed E-state index contributed by atoms with van der Waals surface area (Å²) in [5, 5.41) is 3.24. The van der Waals surface area contributed by atoms with Crippen molar-refractivity contribution in [2.45, 2.75) is 38.8 Å². The summed E-state index contributed by atoms with van der Waals surface area (Å²) < 4.78 is 5.49. The van der Waals surface area contributed by atoms with Crippen LogP contribution in [-0.4, -0.2) is 29.9 Å². The average Bonchev–Trinajstić information content (AvgIpc) is 3.24. The maximum absolute atomic E-state index is 12.6. The van der Waals surface area contributed by atoms with Gasteiger partial charge >= 0.3 is 0 Å². The molecule has 126 valence electrons. The predicted octanol–water partition coefficient (Wildman–Crippen LogP) is 3.50. The summed E-state index contributed by atoms with van der Waals surface area (Å²) >= 11 is 0. The van der Waals surface area contributed by atoms with Gasteiger partial charge in [0, 0.05) is 31.0 Å². The Labute approximate surface area is 142 Å². The molecule has 0 spiro atoms. The number of benzene rings is 1. The number of likely N-dealkylation sites (tertiary alicyclic amines) is 1.